The minimum Gasteiger partial charge on any atom is -0.477 e. The molecule has 34 heavy (non-hydrogen) atoms. The summed E-state index contributed by atoms with van der Waals surface area (Å²) < 4.78 is 45.7. The average molecular weight is 480 g/mol. The fraction of sp³-hybridized carbons (Fsp3) is 0.350. The number of halogens is 3. The van der Waals surface area contributed by atoms with Crippen LogP contribution in [0.4, 0.5) is 35.4 Å². The molecule has 1 atom stereocenters. The Kier molecular flexibility index (Phi) is 8.57. The zero-order chi connectivity index (χ0) is 25.5. The van der Waals surface area contributed by atoms with Crippen molar-refractivity contribution in [2.75, 3.05) is 23.8 Å². The third-order valence-corrected chi connectivity index (χ3v) is 4.49. The third-order valence-electron chi connectivity index (χ3n) is 4.49. The van der Waals surface area contributed by atoms with Crippen LogP contribution in [0.3, 0.4) is 0 Å². The second kappa shape index (κ2) is 11.1. The number of aromatic nitrogens is 2. The van der Waals surface area contributed by atoms with E-state index >= 15 is 0 Å². The largest absolute Gasteiger partial charge is 0.477 e. The van der Waals surface area contributed by atoms with E-state index in [-0.39, 0.29) is 54.9 Å². The zero-order valence-electron chi connectivity index (χ0n) is 18.1. The van der Waals surface area contributed by atoms with Crippen molar-refractivity contribution in [3.05, 3.63) is 35.4 Å². The lowest BCUT2D eigenvalue weighted by atomic mass is 10.0. The van der Waals surface area contributed by atoms with E-state index in [4.69, 9.17) is 21.9 Å². The predicted octanol–water partition coefficient (Wildman–Crippen LogP) is 1.79. The molecule has 7 N–H and O–H groups in total. The topological polar surface area (TPSA) is 186 Å². The minimum atomic E-state index is -4.71. The quantitative estimate of drug-likeness (QED) is 0.415. The monoisotopic (exact) mass is 480 g/mol. The number of rotatable bonds is 9. The molecule has 0 aliphatic carbocycles. The van der Waals surface area contributed by atoms with Gasteiger partial charge in [-0.2, -0.15) is 28.4 Å². The average Bonchev–Trinajstić information content (AvgIpc) is 2.75. The van der Waals surface area contributed by atoms with Crippen molar-refractivity contribution in [2.45, 2.75) is 32.0 Å². The van der Waals surface area contributed by atoms with E-state index in [1.54, 1.807) is 6.92 Å². The van der Waals surface area contributed by atoms with Crippen LogP contribution in [0.5, 0.6) is 5.88 Å². The predicted molar refractivity (Wildman–Crippen MR) is 116 cm³/mol. The number of nitrogens with zero attached hydrogens (tertiary/aromatic N) is 4. The number of imide groups is 1. The van der Waals surface area contributed by atoms with E-state index in [2.05, 4.69) is 9.97 Å². The molecule has 0 unspecified atom stereocenters. The van der Waals surface area contributed by atoms with Gasteiger partial charge in [0.05, 0.1) is 12.2 Å². The van der Waals surface area contributed by atoms with Crippen LogP contribution in [0.25, 0.3) is 0 Å². The summed E-state index contributed by atoms with van der Waals surface area (Å²) in [5.74, 6) is -1.82. The number of carbonyl (C=O) groups is 2. The first-order valence-electron chi connectivity index (χ1n) is 10.0. The van der Waals surface area contributed by atoms with E-state index in [0.717, 1.165) is 23.1 Å². The summed E-state index contributed by atoms with van der Waals surface area (Å²) in [7, 11) is 0. The Hall–Kier alpha value is -4.12. The molecule has 1 aromatic carbocycles. The van der Waals surface area contributed by atoms with E-state index in [0.29, 0.717) is 0 Å². The second-order valence-electron chi connectivity index (χ2n) is 6.85. The van der Waals surface area contributed by atoms with Gasteiger partial charge in [0.15, 0.2) is 11.4 Å². The molecule has 1 aromatic heterocycles. The molecule has 0 radical (unpaired) electrons. The van der Waals surface area contributed by atoms with Gasteiger partial charge in [0.25, 0.3) is 5.91 Å². The Balaban J connectivity index is 2.86. The maximum Gasteiger partial charge on any atom is 0.416 e. The highest BCUT2D eigenvalue weighted by Gasteiger charge is 2.35. The van der Waals surface area contributed by atoms with Crippen LogP contribution < -0.4 is 32.2 Å². The van der Waals surface area contributed by atoms with Gasteiger partial charge in [-0.1, -0.05) is 6.07 Å². The van der Waals surface area contributed by atoms with Gasteiger partial charge < -0.3 is 26.8 Å². The van der Waals surface area contributed by atoms with Crippen molar-refractivity contribution in [3.8, 4) is 11.9 Å². The molecule has 0 fully saturated rings. The van der Waals surface area contributed by atoms with Crippen molar-refractivity contribution in [3.63, 3.8) is 0 Å². The minimum absolute atomic E-state index is 0.0371. The second-order valence-corrected chi connectivity index (χ2v) is 6.85. The normalized spacial score (nSPS) is 11.9. The number of nitriles is 1. The molecule has 0 aliphatic rings. The number of hydrogen-bond donors (Lipinski definition) is 4. The number of benzene rings is 1. The Morgan fingerprint density at radius 1 is 1.32 bits per heavy atom. The van der Waals surface area contributed by atoms with E-state index in [1.165, 1.54) is 6.07 Å². The molecule has 14 heteroatoms. The first kappa shape index (κ1) is 26.1. The lowest BCUT2D eigenvalue weighted by molar-refractivity contribution is -0.137. The fourth-order valence-corrected chi connectivity index (χ4v) is 3.13. The summed E-state index contributed by atoms with van der Waals surface area (Å²) in [6.07, 6.45) is -4.51. The van der Waals surface area contributed by atoms with Crippen molar-refractivity contribution >= 4 is 29.4 Å². The number of hydrogen-bond acceptors (Lipinski definition) is 9. The Morgan fingerprint density at radius 2 is 2.03 bits per heavy atom. The summed E-state index contributed by atoms with van der Waals surface area (Å²) in [5, 5.41) is 11.7. The fourth-order valence-electron chi connectivity index (χ4n) is 3.13. The number of urea groups is 1. The SMILES string of the molecule is CCOc1nc(N)nc(N(c2cccc(C(F)(F)F)c2)[C@@H](CCCN)C(=O)NC(N)=O)c1C#N. The summed E-state index contributed by atoms with van der Waals surface area (Å²) in [5.41, 5.74) is 15.0. The van der Waals surface area contributed by atoms with Crippen molar-refractivity contribution in [2.24, 2.45) is 11.5 Å². The van der Waals surface area contributed by atoms with Crippen LogP contribution >= 0.6 is 0 Å². The van der Waals surface area contributed by atoms with Crippen molar-refractivity contribution in [1.82, 2.24) is 15.3 Å². The number of nitrogen functional groups attached to an aromatic ring is 1. The zero-order valence-corrected chi connectivity index (χ0v) is 18.1. The molecule has 1 heterocycles. The highest BCUT2D eigenvalue weighted by molar-refractivity contribution is 5.99. The maximum absolute atomic E-state index is 13.4. The van der Waals surface area contributed by atoms with Gasteiger partial charge in [-0.25, -0.2) is 4.79 Å². The van der Waals surface area contributed by atoms with Crippen LogP contribution in [0.1, 0.15) is 30.9 Å². The first-order valence-corrected chi connectivity index (χ1v) is 10.0. The number of alkyl halides is 3. The number of nitrogens with two attached hydrogens (primary N) is 3. The molecule has 0 spiro atoms. The van der Waals surface area contributed by atoms with Crippen molar-refractivity contribution < 1.29 is 27.5 Å². The maximum atomic E-state index is 13.4. The van der Waals surface area contributed by atoms with Gasteiger partial charge in [-0.3, -0.25) is 10.1 Å². The standard InChI is InChI=1S/C20H23F3N8O3/c1-2-34-17-13(10-25)15(28-18(26)30-17)31(12-6-3-5-11(9-12)20(21,22)23)14(7-4-8-24)16(32)29-19(27)33/h3,5-6,9,14H,2,4,7-8,24H2,1H3,(H2,26,28,30)(H3,27,29,32,33)/t14-/m0/s1. The van der Waals surface area contributed by atoms with Gasteiger partial charge in [0, 0.05) is 5.69 Å². The molecular weight excluding hydrogens is 457 g/mol. The smallest absolute Gasteiger partial charge is 0.416 e. The van der Waals surface area contributed by atoms with Crippen LogP contribution in [0.2, 0.25) is 0 Å². The van der Waals surface area contributed by atoms with Crippen LogP contribution in [-0.2, 0) is 11.0 Å². The van der Waals surface area contributed by atoms with Gasteiger partial charge >= 0.3 is 12.2 Å². The summed E-state index contributed by atoms with van der Waals surface area (Å²) >= 11 is 0. The van der Waals surface area contributed by atoms with Crippen molar-refractivity contribution in [1.29, 1.82) is 5.26 Å². The van der Waals surface area contributed by atoms with E-state index < -0.39 is 29.7 Å². The molecule has 0 aliphatic heterocycles. The Labute approximate surface area is 192 Å². The molecule has 3 amide bonds. The number of amides is 3. The van der Waals surface area contributed by atoms with E-state index in [9.17, 15) is 28.0 Å². The highest BCUT2D eigenvalue weighted by Crippen LogP contribution is 2.38. The number of primary amides is 1. The van der Waals surface area contributed by atoms with Gasteiger partial charge in [-0.15, -0.1) is 0 Å². The van der Waals surface area contributed by atoms with Gasteiger partial charge in [-0.05, 0) is 44.5 Å². The number of carbonyl (C=O) groups excluding carboxylic acids is 2. The molecular formula is C20H23F3N8O3. The van der Waals surface area contributed by atoms with E-state index in [1.807, 2.05) is 11.4 Å². The molecule has 2 aromatic rings. The molecule has 0 bridgehead atoms. The number of nitrogens with one attached hydrogen (secondary N) is 1. The van der Waals surface area contributed by atoms with Crippen LogP contribution in [0.15, 0.2) is 24.3 Å². The van der Waals surface area contributed by atoms with Gasteiger partial charge in [0.1, 0.15) is 12.1 Å². The molecule has 11 nitrogen and oxygen atoms in total. The molecule has 0 saturated carbocycles. The van der Waals surface area contributed by atoms with Crippen LogP contribution in [-0.4, -0.2) is 41.1 Å². The highest BCUT2D eigenvalue weighted by atomic mass is 19.4. The van der Waals surface area contributed by atoms with Gasteiger partial charge in [0.2, 0.25) is 11.8 Å². The first-order chi connectivity index (χ1) is 16.0. The summed E-state index contributed by atoms with van der Waals surface area (Å²) in [4.78, 5) is 33.2. The summed E-state index contributed by atoms with van der Waals surface area (Å²) in [6, 6.07) is 3.33. The lowest BCUT2D eigenvalue weighted by Gasteiger charge is -2.33. The number of anilines is 3. The molecule has 2 rings (SSSR count). The van der Waals surface area contributed by atoms with Crippen LogP contribution in [0, 0.1) is 11.3 Å². The summed E-state index contributed by atoms with van der Waals surface area (Å²) in [6.45, 7) is 1.83. The Bertz CT molecular complexity index is 1090. The lowest BCUT2D eigenvalue weighted by Crippen LogP contribution is -2.49. The third kappa shape index (κ3) is 6.23. The molecule has 182 valence electrons. The molecule has 0 saturated heterocycles. The Morgan fingerprint density at radius 3 is 2.59 bits per heavy atom. The number of ether oxygens (including phenoxy) is 1.